The summed E-state index contributed by atoms with van der Waals surface area (Å²) < 4.78 is 36.2. The second kappa shape index (κ2) is 18.4. The van der Waals surface area contributed by atoms with Crippen molar-refractivity contribution in [3.8, 4) is 34.5 Å². The molecule has 18 heteroatoms. The number of fused-ring (bicyclic) bond motifs is 2. The molecule has 46 heavy (non-hydrogen) atoms. The summed E-state index contributed by atoms with van der Waals surface area (Å²) in [6.45, 7) is 1.85. The van der Waals surface area contributed by atoms with Crippen molar-refractivity contribution in [2.45, 2.75) is 6.92 Å². The van der Waals surface area contributed by atoms with E-state index in [4.69, 9.17) is 43.5 Å². The number of carboxylic acids is 1. The fourth-order valence-electron chi connectivity index (χ4n) is 4.21. The number of carboxylic acid groups (broad SMARTS) is 1. The Morgan fingerprint density at radius 2 is 1.11 bits per heavy atom. The van der Waals surface area contributed by atoms with Gasteiger partial charge in [-0.2, -0.15) is 0 Å². The number of aromatic carboxylic acids is 1. The number of ether oxygens (including phenoxy) is 7. The number of nitrogens with two attached hydrogens (primary N) is 1. The first kappa shape index (κ1) is 39.5. The van der Waals surface area contributed by atoms with Gasteiger partial charge in [0.25, 0.3) is 0 Å². The largest absolute Gasteiger partial charge is 1.00 e. The summed E-state index contributed by atoms with van der Waals surface area (Å²) in [4.78, 5) is 53.3. The quantitative estimate of drug-likeness (QED) is 0.0667. The molecule has 4 rings (SSSR count). The molecule has 0 spiro atoms. The van der Waals surface area contributed by atoms with Crippen molar-refractivity contribution in [1.82, 2.24) is 9.97 Å². The van der Waals surface area contributed by atoms with Gasteiger partial charge in [0.05, 0.1) is 71.1 Å². The van der Waals surface area contributed by atoms with Crippen LogP contribution in [0.4, 0.5) is 0 Å². The van der Waals surface area contributed by atoms with Gasteiger partial charge in [0.1, 0.15) is 11.1 Å². The van der Waals surface area contributed by atoms with E-state index in [9.17, 15) is 19.2 Å². The van der Waals surface area contributed by atoms with Crippen LogP contribution in [0.5, 0.6) is 34.5 Å². The molecule has 0 unspecified atom stereocenters. The Labute approximate surface area is 283 Å². The number of aromatic amines is 2. The maximum absolute atomic E-state index is 12.6. The van der Waals surface area contributed by atoms with Gasteiger partial charge in [-0.1, -0.05) is 0 Å². The van der Waals surface area contributed by atoms with Gasteiger partial charge < -0.3 is 64.9 Å². The average Bonchev–Trinajstić information content (AvgIpc) is 3.03. The summed E-state index contributed by atoms with van der Waals surface area (Å²) >= 11 is 0. The number of carbonyl (C=O) groups excluding carboxylic acids is 1. The zero-order valence-corrected chi connectivity index (χ0v) is 28.4. The summed E-state index contributed by atoms with van der Waals surface area (Å²) in [6, 6.07) is 3.15. The predicted octanol–water partition coefficient (Wildman–Crippen LogP) is -0.390. The molecule has 2 heterocycles. The molecule has 0 saturated carbocycles. The zero-order chi connectivity index (χ0) is 33.8. The van der Waals surface area contributed by atoms with Crippen LogP contribution in [0.1, 0.15) is 27.6 Å². The van der Waals surface area contributed by atoms with Crippen LogP contribution in [-0.4, -0.2) is 81.5 Å². The first-order valence-electron chi connectivity index (χ1n) is 12.7. The van der Waals surface area contributed by atoms with Crippen molar-refractivity contribution in [2.24, 2.45) is 5.84 Å². The molecule has 6 N–H and O–H groups in total. The summed E-state index contributed by atoms with van der Waals surface area (Å²) in [5, 5.41) is 16.3. The number of carbonyl (C=O) groups is 2. The van der Waals surface area contributed by atoms with Crippen molar-refractivity contribution in [3.05, 3.63) is 61.7 Å². The topological polar surface area (TPSA) is 245 Å². The smallest absolute Gasteiger partial charge is 0.493 e. The van der Waals surface area contributed by atoms with Crippen LogP contribution in [0.2, 0.25) is 0 Å². The maximum atomic E-state index is 12.6. The van der Waals surface area contributed by atoms with Gasteiger partial charge in [-0.3, -0.25) is 9.59 Å². The van der Waals surface area contributed by atoms with Gasteiger partial charge in [-0.15, -0.1) is 0 Å². The third-order valence-corrected chi connectivity index (χ3v) is 6.07. The molecule has 17 nitrogen and oxygen atoms in total. The van der Waals surface area contributed by atoms with E-state index >= 15 is 0 Å². The van der Waals surface area contributed by atoms with Crippen LogP contribution in [0.3, 0.4) is 0 Å². The van der Waals surface area contributed by atoms with Crippen molar-refractivity contribution in [1.29, 1.82) is 0 Å². The Balaban J connectivity index is 0.000000417. The molecule has 0 fully saturated rings. The molecule has 0 saturated heterocycles. The molecule has 0 amide bonds. The van der Waals surface area contributed by atoms with Crippen molar-refractivity contribution in [2.75, 3.05) is 49.3 Å². The molecule has 0 aliphatic heterocycles. The van der Waals surface area contributed by atoms with Crippen LogP contribution in [0.25, 0.3) is 27.4 Å². The van der Waals surface area contributed by atoms with Gasteiger partial charge in [0, 0.05) is 24.5 Å². The number of H-pyrrole nitrogens is 2. The molecule has 244 valence electrons. The number of hydrogen-bond acceptors (Lipinski definition) is 13. The SMILES string of the molecule is CCOC(=O)c1c[nH]c2cc(OC)c(OC)c(OC)c2c1=O.COc1cc2[nH]cc(C(=O)O)c(=O)c2c(OC)c1OC.N[N-]O.[Na+]. The summed E-state index contributed by atoms with van der Waals surface area (Å²) in [5.41, 5.74) is 1.25. The minimum Gasteiger partial charge on any atom is -0.493 e. The van der Waals surface area contributed by atoms with Gasteiger partial charge in [-0.25, -0.2) is 9.59 Å². The molecule has 0 aliphatic carbocycles. The van der Waals surface area contributed by atoms with E-state index in [1.165, 1.54) is 48.9 Å². The Kier molecular flexibility index (Phi) is 15.8. The normalized spacial score (nSPS) is 9.85. The second-order valence-electron chi connectivity index (χ2n) is 8.34. The van der Waals surface area contributed by atoms with Crippen LogP contribution in [0, 0.1) is 0 Å². The maximum Gasteiger partial charge on any atom is 1.00 e. The number of esters is 1. The summed E-state index contributed by atoms with van der Waals surface area (Å²) in [7, 11) is 8.55. The molecule has 2 aromatic heterocycles. The molecule has 0 radical (unpaired) electrons. The number of rotatable bonds is 9. The number of nitrogens with zero attached hydrogens (tertiary/aromatic N) is 1. The van der Waals surface area contributed by atoms with E-state index in [2.05, 4.69) is 15.8 Å². The number of pyridine rings is 2. The number of aromatic nitrogens is 2. The Morgan fingerprint density at radius 1 is 0.739 bits per heavy atom. The van der Waals surface area contributed by atoms with E-state index in [1.54, 1.807) is 19.1 Å². The Hall–Kier alpha value is -4.52. The van der Waals surface area contributed by atoms with Crippen LogP contribution in [0.15, 0.2) is 34.1 Å². The van der Waals surface area contributed by atoms with E-state index in [0.29, 0.717) is 22.5 Å². The van der Waals surface area contributed by atoms with E-state index in [0.717, 1.165) is 6.20 Å². The number of nitrogens with one attached hydrogen (secondary N) is 2. The van der Waals surface area contributed by atoms with Gasteiger partial charge in [0.2, 0.25) is 22.4 Å². The Morgan fingerprint density at radius 3 is 1.43 bits per heavy atom. The number of benzene rings is 2. The second-order valence-corrected chi connectivity index (χ2v) is 8.34. The standard InChI is InChI=1S/C15H17NO6.C13H13NO6.H3N2O.Na/c1-5-22-15(18)8-7-16-9-6-10(19-2)13(20-3)14(21-4)11(9)12(8)17;1-18-8-4-7-9(12(20-3)11(8)19-2)10(15)6(5-14-7)13(16)17;1-2-3;/h6-7H,5H2,1-4H3,(H,16,17);4-5H,1-3H3,(H,14,15)(H,16,17);3H,1H2;/q;;-1;+1. The number of methoxy groups -OCH3 is 6. The van der Waals surface area contributed by atoms with Crippen molar-refractivity contribution < 1.29 is 82.6 Å². The molecule has 0 bridgehead atoms. The molecule has 0 aliphatic rings. The van der Waals surface area contributed by atoms with Gasteiger partial charge in [-0.05, 0) is 6.92 Å². The first-order chi connectivity index (χ1) is 21.5. The monoisotopic (exact) mass is 656 g/mol. The zero-order valence-electron chi connectivity index (χ0n) is 26.4. The van der Waals surface area contributed by atoms with Gasteiger partial charge in [0.15, 0.2) is 23.0 Å². The molecule has 4 aromatic rings. The summed E-state index contributed by atoms with van der Waals surface area (Å²) in [5.74, 6) is 3.64. The minimum absolute atomic E-state index is 0. The number of hydrogen-bond donors (Lipinski definition) is 5. The fraction of sp³-hybridized carbons (Fsp3) is 0.286. The van der Waals surface area contributed by atoms with E-state index in [1.807, 2.05) is 5.59 Å². The molecular formula is C28H33N4NaO13. The predicted molar refractivity (Wildman–Crippen MR) is 161 cm³/mol. The van der Waals surface area contributed by atoms with Crippen molar-refractivity contribution >= 4 is 33.7 Å². The van der Waals surface area contributed by atoms with Gasteiger partial charge >= 0.3 is 41.5 Å². The third kappa shape index (κ3) is 8.19. The Bertz CT molecular complexity index is 1790. The van der Waals surface area contributed by atoms with E-state index in [-0.39, 0.29) is 81.1 Å². The molecule has 2 aromatic carbocycles. The first-order valence-corrected chi connectivity index (χ1v) is 12.7. The van der Waals surface area contributed by atoms with Crippen LogP contribution >= 0.6 is 0 Å². The summed E-state index contributed by atoms with van der Waals surface area (Å²) in [6.07, 6.45) is 2.45. The minimum atomic E-state index is -1.31. The molecule has 0 atom stereocenters. The van der Waals surface area contributed by atoms with Crippen LogP contribution < -0.4 is 74.7 Å². The van der Waals surface area contributed by atoms with Crippen molar-refractivity contribution in [3.63, 3.8) is 0 Å². The average molecular weight is 657 g/mol. The van der Waals surface area contributed by atoms with E-state index < -0.39 is 22.8 Å². The van der Waals surface area contributed by atoms with Crippen LogP contribution in [-0.2, 0) is 4.74 Å². The fourth-order valence-corrected chi connectivity index (χ4v) is 4.21. The molecular weight excluding hydrogens is 623 g/mol. The third-order valence-electron chi connectivity index (χ3n) is 6.07.